The number of rotatable bonds is 3. The van der Waals surface area contributed by atoms with Crippen molar-refractivity contribution in [3.8, 4) is 5.75 Å². The highest BCUT2D eigenvalue weighted by Crippen LogP contribution is 2.27. The van der Waals surface area contributed by atoms with Gasteiger partial charge in [-0.2, -0.15) is 0 Å². The molecule has 0 fully saturated rings. The molecule has 17 heavy (non-hydrogen) atoms. The zero-order valence-electron chi connectivity index (χ0n) is 9.15. The topological polar surface area (TPSA) is 98.5 Å². The van der Waals surface area contributed by atoms with E-state index in [4.69, 9.17) is 5.14 Å². The number of halogens is 1. The molecule has 0 heterocycles. The standard InChI is InChI=1S/C9H11FN2O4S/c1-12-9(13)5-3-6(10)8(16-2)7(4-5)17(11,14)15/h3-4H,1-2H3,(H,12,13)(H2,11,14,15). The molecule has 3 N–H and O–H groups in total. The van der Waals surface area contributed by atoms with E-state index in [-0.39, 0.29) is 5.56 Å². The number of benzene rings is 1. The predicted octanol–water partition coefficient (Wildman–Crippen LogP) is -0.159. The molecular formula is C9H11FN2O4S. The minimum absolute atomic E-state index is 0.158. The largest absolute Gasteiger partial charge is 0.492 e. The minimum atomic E-state index is -4.18. The lowest BCUT2D eigenvalue weighted by Crippen LogP contribution is -2.20. The van der Waals surface area contributed by atoms with Gasteiger partial charge in [0, 0.05) is 12.6 Å². The Morgan fingerprint density at radius 1 is 1.47 bits per heavy atom. The zero-order chi connectivity index (χ0) is 13.2. The quantitative estimate of drug-likeness (QED) is 0.790. The first-order chi connectivity index (χ1) is 7.81. The maximum absolute atomic E-state index is 13.5. The molecule has 6 nitrogen and oxygen atoms in total. The number of hydrogen-bond donors (Lipinski definition) is 2. The second kappa shape index (κ2) is 4.68. The SMILES string of the molecule is CNC(=O)c1cc(F)c(OC)c(S(N)(=O)=O)c1. The minimum Gasteiger partial charge on any atom is -0.492 e. The van der Waals surface area contributed by atoms with Crippen LogP contribution in [0.15, 0.2) is 17.0 Å². The van der Waals surface area contributed by atoms with Crippen LogP contribution in [0.5, 0.6) is 5.75 Å². The molecule has 1 rings (SSSR count). The average Bonchev–Trinajstić information content (AvgIpc) is 2.25. The van der Waals surface area contributed by atoms with Gasteiger partial charge in [-0.25, -0.2) is 17.9 Å². The van der Waals surface area contributed by atoms with Gasteiger partial charge in [-0.3, -0.25) is 4.79 Å². The molecule has 0 aromatic heterocycles. The van der Waals surface area contributed by atoms with Gasteiger partial charge < -0.3 is 10.1 Å². The normalized spacial score (nSPS) is 11.1. The monoisotopic (exact) mass is 262 g/mol. The Morgan fingerprint density at radius 3 is 2.47 bits per heavy atom. The van der Waals surface area contributed by atoms with Crippen molar-refractivity contribution in [1.82, 2.24) is 5.32 Å². The summed E-state index contributed by atoms with van der Waals surface area (Å²) in [6.07, 6.45) is 0. The van der Waals surface area contributed by atoms with Crippen molar-refractivity contribution >= 4 is 15.9 Å². The molecule has 8 heteroatoms. The van der Waals surface area contributed by atoms with Gasteiger partial charge in [0.25, 0.3) is 5.91 Å². The summed E-state index contributed by atoms with van der Waals surface area (Å²) >= 11 is 0. The Labute approximate surface area is 97.6 Å². The number of nitrogens with one attached hydrogen (secondary N) is 1. The number of carbonyl (C=O) groups excluding carboxylic acids is 1. The number of sulfonamides is 1. The lowest BCUT2D eigenvalue weighted by Gasteiger charge is -2.09. The summed E-state index contributed by atoms with van der Waals surface area (Å²) in [6.45, 7) is 0. The Bertz CT molecular complexity index is 556. The molecule has 0 radical (unpaired) electrons. The molecule has 0 saturated carbocycles. The lowest BCUT2D eigenvalue weighted by molar-refractivity contribution is 0.0962. The molecule has 1 amide bonds. The summed E-state index contributed by atoms with van der Waals surface area (Å²) in [6, 6.07) is 1.82. The van der Waals surface area contributed by atoms with Gasteiger partial charge in [0.15, 0.2) is 11.6 Å². The van der Waals surface area contributed by atoms with Gasteiger partial charge in [-0.05, 0) is 12.1 Å². The van der Waals surface area contributed by atoms with Crippen LogP contribution < -0.4 is 15.2 Å². The van der Waals surface area contributed by atoms with Crippen molar-refractivity contribution in [1.29, 1.82) is 0 Å². The highest BCUT2D eigenvalue weighted by atomic mass is 32.2. The third kappa shape index (κ3) is 2.71. The van der Waals surface area contributed by atoms with Crippen LogP contribution in [0.4, 0.5) is 4.39 Å². The third-order valence-electron chi connectivity index (χ3n) is 2.01. The Balaban J connectivity index is 3.56. The number of methoxy groups -OCH3 is 1. The van der Waals surface area contributed by atoms with Gasteiger partial charge >= 0.3 is 0 Å². The van der Waals surface area contributed by atoms with Gasteiger partial charge in [0.05, 0.1) is 7.11 Å². The number of hydrogen-bond acceptors (Lipinski definition) is 4. The van der Waals surface area contributed by atoms with Crippen LogP contribution in [-0.4, -0.2) is 28.5 Å². The molecule has 1 aromatic carbocycles. The first-order valence-corrected chi connectivity index (χ1v) is 5.98. The Morgan fingerprint density at radius 2 is 2.06 bits per heavy atom. The molecule has 0 saturated heterocycles. The smallest absolute Gasteiger partial charge is 0.251 e. The van der Waals surface area contributed by atoms with E-state index >= 15 is 0 Å². The van der Waals surface area contributed by atoms with Crippen LogP contribution in [0.2, 0.25) is 0 Å². The van der Waals surface area contributed by atoms with Crippen LogP contribution in [0, 0.1) is 5.82 Å². The van der Waals surface area contributed by atoms with Crippen LogP contribution in [0.3, 0.4) is 0 Å². The van der Waals surface area contributed by atoms with Crippen molar-refractivity contribution < 1.29 is 22.3 Å². The van der Waals surface area contributed by atoms with Crippen molar-refractivity contribution in [3.63, 3.8) is 0 Å². The van der Waals surface area contributed by atoms with Gasteiger partial charge in [-0.15, -0.1) is 0 Å². The van der Waals surface area contributed by atoms with E-state index in [9.17, 15) is 17.6 Å². The molecule has 94 valence electrons. The number of carbonyl (C=O) groups is 1. The maximum atomic E-state index is 13.5. The summed E-state index contributed by atoms with van der Waals surface area (Å²) in [5.41, 5.74) is -0.158. The fraction of sp³-hybridized carbons (Fsp3) is 0.222. The van der Waals surface area contributed by atoms with E-state index in [1.165, 1.54) is 7.05 Å². The number of nitrogens with two attached hydrogens (primary N) is 1. The fourth-order valence-electron chi connectivity index (χ4n) is 1.25. The molecular weight excluding hydrogens is 251 g/mol. The Kier molecular flexibility index (Phi) is 3.69. The molecule has 0 aliphatic rings. The summed E-state index contributed by atoms with van der Waals surface area (Å²) in [5.74, 6) is -2.12. The molecule has 0 bridgehead atoms. The third-order valence-corrected chi connectivity index (χ3v) is 2.93. The van der Waals surface area contributed by atoms with Crippen molar-refractivity contribution in [2.24, 2.45) is 5.14 Å². The molecule has 0 unspecified atom stereocenters. The van der Waals surface area contributed by atoms with Crippen molar-refractivity contribution in [2.75, 3.05) is 14.2 Å². The predicted molar refractivity (Wildman–Crippen MR) is 57.7 cm³/mol. The number of amides is 1. The molecule has 0 aliphatic heterocycles. The lowest BCUT2D eigenvalue weighted by atomic mass is 10.2. The van der Waals surface area contributed by atoms with Gasteiger partial charge in [0.1, 0.15) is 4.90 Å². The van der Waals surface area contributed by atoms with E-state index in [0.29, 0.717) is 0 Å². The highest BCUT2D eigenvalue weighted by Gasteiger charge is 2.22. The first kappa shape index (κ1) is 13.4. The second-order valence-corrected chi connectivity index (χ2v) is 4.64. The fourth-order valence-corrected chi connectivity index (χ4v) is 1.98. The van der Waals surface area contributed by atoms with Crippen LogP contribution in [-0.2, 0) is 10.0 Å². The second-order valence-electron chi connectivity index (χ2n) is 3.11. The summed E-state index contributed by atoms with van der Waals surface area (Å²) in [5, 5.41) is 7.15. The molecule has 0 atom stereocenters. The number of ether oxygens (including phenoxy) is 1. The van der Waals surface area contributed by atoms with Gasteiger partial charge in [-0.1, -0.05) is 0 Å². The zero-order valence-corrected chi connectivity index (χ0v) is 9.97. The van der Waals surface area contributed by atoms with E-state index in [1.54, 1.807) is 0 Å². The summed E-state index contributed by atoms with van der Waals surface area (Å²) in [4.78, 5) is 10.7. The summed E-state index contributed by atoms with van der Waals surface area (Å²) < 4.78 is 40.6. The van der Waals surface area contributed by atoms with E-state index in [2.05, 4.69) is 10.1 Å². The highest BCUT2D eigenvalue weighted by molar-refractivity contribution is 7.89. The molecule has 1 aromatic rings. The van der Waals surface area contributed by atoms with E-state index < -0.39 is 32.4 Å². The Hall–Kier alpha value is -1.67. The van der Waals surface area contributed by atoms with Crippen LogP contribution in [0.1, 0.15) is 10.4 Å². The van der Waals surface area contributed by atoms with E-state index in [0.717, 1.165) is 19.2 Å². The van der Waals surface area contributed by atoms with E-state index in [1.807, 2.05) is 0 Å². The average molecular weight is 262 g/mol. The van der Waals surface area contributed by atoms with Crippen molar-refractivity contribution in [3.05, 3.63) is 23.5 Å². The van der Waals surface area contributed by atoms with Crippen LogP contribution >= 0.6 is 0 Å². The maximum Gasteiger partial charge on any atom is 0.251 e. The van der Waals surface area contributed by atoms with Gasteiger partial charge in [0.2, 0.25) is 10.0 Å². The molecule has 0 spiro atoms. The van der Waals surface area contributed by atoms with Crippen molar-refractivity contribution in [2.45, 2.75) is 4.90 Å². The summed E-state index contributed by atoms with van der Waals surface area (Å²) in [7, 11) is -1.74. The molecule has 0 aliphatic carbocycles. The van der Waals surface area contributed by atoms with Crippen LogP contribution in [0.25, 0.3) is 0 Å². The first-order valence-electron chi connectivity index (χ1n) is 4.43. The number of primary sulfonamides is 1.